The van der Waals surface area contributed by atoms with E-state index in [2.05, 4.69) is 54.0 Å². The molecule has 0 radical (unpaired) electrons. The van der Waals surface area contributed by atoms with Crippen LogP contribution in [0.3, 0.4) is 0 Å². The molecule has 0 fully saturated rings. The van der Waals surface area contributed by atoms with Crippen LogP contribution in [-0.4, -0.2) is 25.1 Å². The van der Waals surface area contributed by atoms with E-state index in [0.717, 1.165) is 27.9 Å². The summed E-state index contributed by atoms with van der Waals surface area (Å²) in [7, 11) is 2.15. The third kappa shape index (κ3) is 3.55. The van der Waals surface area contributed by atoms with E-state index in [0.29, 0.717) is 6.04 Å². The van der Waals surface area contributed by atoms with E-state index in [-0.39, 0.29) is 0 Å². The molecule has 0 aliphatic heterocycles. The normalized spacial score (nSPS) is 12.5. The predicted molar refractivity (Wildman–Crippen MR) is 84.2 cm³/mol. The summed E-state index contributed by atoms with van der Waals surface area (Å²) in [6.45, 7) is 4.28. The molecule has 0 heterocycles. The van der Waals surface area contributed by atoms with Crippen molar-refractivity contribution in [1.29, 1.82) is 0 Å². The molecule has 0 saturated carbocycles. The minimum Gasteiger partial charge on any atom is -0.398 e. The van der Waals surface area contributed by atoms with Gasteiger partial charge < -0.3 is 10.6 Å². The maximum absolute atomic E-state index is 5.90. The smallest absolute Gasteiger partial charge is 0.0515 e. The zero-order valence-electron chi connectivity index (χ0n) is 11.0. The number of aryl methyl sites for hydroxylation is 1. The highest BCUT2D eigenvalue weighted by Crippen LogP contribution is 2.32. The molecule has 0 aliphatic rings. The van der Waals surface area contributed by atoms with Gasteiger partial charge in [0, 0.05) is 29.0 Å². The predicted octanol–water partition coefficient (Wildman–Crippen LogP) is 3.92. The van der Waals surface area contributed by atoms with Gasteiger partial charge >= 0.3 is 0 Å². The zero-order valence-corrected chi connectivity index (χ0v) is 13.4. The van der Waals surface area contributed by atoms with Crippen LogP contribution < -0.4 is 10.6 Å². The number of halogens is 1. The SMILES string of the molecule is CCC(CSC)N(C)c1cc(C)c(N)cc1Br. The lowest BCUT2D eigenvalue weighted by Crippen LogP contribution is -2.33. The maximum Gasteiger partial charge on any atom is 0.0515 e. The Labute approximate surface area is 117 Å². The highest BCUT2D eigenvalue weighted by molar-refractivity contribution is 9.10. The molecule has 0 aliphatic carbocycles. The first-order valence-electron chi connectivity index (χ1n) is 5.78. The zero-order chi connectivity index (χ0) is 13.0. The Bertz CT molecular complexity index is 382. The van der Waals surface area contributed by atoms with Crippen molar-refractivity contribution >= 4 is 39.1 Å². The summed E-state index contributed by atoms with van der Waals surface area (Å²) < 4.78 is 1.07. The Morgan fingerprint density at radius 3 is 2.65 bits per heavy atom. The first-order chi connectivity index (χ1) is 8.01. The number of thioether (sulfide) groups is 1. The number of nitrogens with two attached hydrogens (primary N) is 1. The second-order valence-electron chi connectivity index (χ2n) is 4.29. The largest absolute Gasteiger partial charge is 0.398 e. The number of benzene rings is 1. The van der Waals surface area contributed by atoms with Crippen LogP contribution in [0.2, 0.25) is 0 Å². The minimum atomic E-state index is 0.560. The van der Waals surface area contributed by atoms with Crippen molar-refractivity contribution in [3.8, 4) is 0 Å². The number of hydrogen-bond acceptors (Lipinski definition) is 3. The van der Waals surface area contributed by atoms with Crippen LogP contribution in [0, 0.1) is 6.92 Å². The molecule has 17 heavy (non-hydrogen) atoms. The second-order valence-corrected chi connectivity index (χ2v) is 6.05. The van der Waals surface area contributed by atoms with Gasteiger partial charge in [-0.2, -0.15) is 11.8 Å². The van der Waals surface area contributed by atoms with Crippen LogP contribution in [-0.2, 0) is 0 Å². The molecule has 0 spiro atoms. The molecule has 1 unspecified atom stereocenters. The summed E-state index contributed by atoms with van der Waals surface area (Å²) in [5, 5.41) is 0. The van der Waals surface area contributed by atoms with Gasteiger partial charge in [-0.25, -0.2) is 0 Å². The molecule has 2 nitrogen and oxygen atoms in total. The average Bonchev–Trinajstić information content (AvgIpc) is 2.30. The molecule has 0 amide bonds. The summed E-state index contributed by atoms with van der Waals surface area (Å²) in [6.07, 6.45) is 3.30. The van der Waals surface area contributed by atoms with E-state index in [1.165, 1.54) is 5.69 Å². The third-order valence-electron chi connectivity index (χ3n) is 3.09. The fraction of sp³-hybridized carbons (Fsp3) is 0.538. The average molecular weight is 317 g/mol. The lowest BCUT2D eigenvalue weighted by Gasteiger charge is -2.30. The van der Waals surface area contributed by atoms with E-state index >= 15 is 0 Å². The van der Waals surface area contributed by atoms with Gasteiger partial charge in [0.2, 0.25) is 0 Å². The fourth-order valence-electron chi connectivity index (χ4n) is 1.84. The van der Waals surface area contributed by atoms with Crippen LogP contribution >= 0.6 is 27.7 Å². The Morgan fingerprint density at radius 2 is 2.12 bits per heavy atom. The molecule has 0 saturated heterocycles. The van der Waals surface area contributed by atoms with Gasteiger partial charge in [-0.05, 0) is 53.2 Å². The van der Waals surface area contributed by atoms with Crippen LogP contribution in [0.5, 0.6) is 0 Å². The van der Waals surface area contributed by atoms with E-state index < -0.39 is 0 Å². The van der Waals surface area contributed by atoms with Crippen LogP contribution in [0.1, 0.15) is 18.9 Å². The van der Waals surface area contributed by atoms with Crippen molar-refractivity contribution in [2.75, 3.05) is 29.7 Å². The Kier molecular flexibility index (Phi) is 5.67. The Morgan fingerprint density at radius 1 is 1.47 bits per heavy atom. The summed E-state index contributed by atoms with van der Waals surface area (Å²) in [4.78, 5) is 2.34. The van der Waals surface area contributed by atoms with Crippen LogP contribution in [0.4, 0.5) is 11.4 Å². The van der Waals surface area contributed by atoms with Gasteiger partial charge in [-0.3, -0.25) is 0 Å². The molecule has 1 rings (SSSR count). The number of anilines is 2. The minimum absolute atomic E-state index is 0.560. The lowest BCUT2D eigenvalue weighted by molar-refractivity contribution is 0.672. The first-order valence-corrected chi connectivity index (χ1v) is 7.97. The van der Waals surface area contributed by atoms with Gasteiger partial charge in [0.15, 0.2) is 0 Å². The van der Waals surface area contributed by atoms with Crippen LogP contribution in [0.15, 0.2) is 16.6 Å². The Hall–Kier alpha value is -0.350. The van der Waals surface area contributed by atoms with Gasteiger partial charge in [-0.15, -0.1) is 0 Å². The third-order valence-corrected chi connectivity index (χ3v) is 4.45. The summed E-state index contributed by atoms with van der Waals surface area (Å²) in [5.41, 5.74) is 9.10. The first kappa shape index (κ1) is 14.7. The standard InChI is InChI=1S/C13H21BrN2S/c1-5-10(8-17-4)16(3)13-6-9(2)12(15)7-11(13)14/h6-7,10H,5,8,15H2,1-4H3. The topological polar surface area (TPSA) is 29.3 Å². The van der Waals surface area contributed by atoms with Crippen molar-refractivity contribution in [3.63, 3.8) is 0 Å². The van der Waals surface area contributed by atoms with Gasteiger partial charge in [0.25, 0.3) is 0 Å². The monoisotopic (exact) mass is 316 g/mol. The molecule has 1 atom stereocenters. The highest BCUT2D eigenvalue weighted by Gasteiger charge is 2.15. The molecule has 0 bridgehead atoms. The molecule has 2 N–H and O–H groups in total. The highest BCUT2D eigenvalue weighted by atomic mass is 79.9. The number of nitrogens with zero attached hydrogens (tertiary/aromatic N) is 1. The summed E-state index contributed by atoms with van der Waals surface area (Å²) >= 11 is 5.49. The second kappa shape index (κ2) is 6.55. The summed E-state index contributed by atoms with van der Waals surface area (Å²) in [6, 6.07) is 4.71. The van der Waals surface area contributed by atoms with Gasteiger partial charge in [-0.1, -0.05) is 6.92 Å². The van der Waals surface area contributed by atoms with Crippen molar-refractivity contribution in [3.05, 3.63) is 22.2 Å². The lowest BCUT2D eigenvalue weighted by atomic mass is 10.1. The van der Waals surface area contributed by atoms with E-state index in [1.54, 1.807) is 0 Å². The van der Waals surface area contributed by atoms with Crippen molar-refractivity contribution < 1.29 is 0 Å². The molecular weight excluding hydrogens is 296 g/mol. The maximum atomic E-state index is 5.90. The summed E-state index contributed by atoms with van der Waals surface area (Å²) in [5.74, 6) is 1.14. The number of rotatable bonds is 5. The number of hydrogen-bond donors (Lipinski definition) is 1. The van der Waals surface area contributed by atoms with E-state index in [9.17, 15) is 0 Å². The van der Waals surface area contributed by atoms with Crippen LogP contribution in [0.25, 0.3) is 0 Å². The fourth-order valence-corrected chi connectivity index (χ4v) is 3.33. The van der Waals surface area contributed by atoms with Crippen molar-refractivity contribution in [2.45, 2.75) is 26.3 Å². The number of nitrogen functional groups attached to an aromatic ring is 1. The molecule has 0 aromatic heterocycles. The van der Waals surface area contributed by atoms with E-state index in [1.807, 2.05) is 17.8 Å². The van der Waals surface area contributed by atoms with E-state index in [4.69, 9.17) is 5.73 Å². The van der Waals surface area contributed by atoms with Crippen molar-refractivity contribution in [2.24, 2.45) is 0 Å². The Balaban J connectivity index is 3.02. The molecule has 96 valence electrons. The molecule has 4 heteroatoms. The van der Waals surface area contributed by atoms with Gasteiger partial charge in [0.1, 0.15) is 0 Å². The van der Waals surface area contributed by atoms with Gasteiger partial charge in [0.05, 0.1) is 5.69 Å². The molecule has 1 aromatic rings. The molecule has 1 aromatic carbocycles. The van der Waals surface area contributed by atoms with Crippen molar-refractivity contribution in [1.82, 2.24) is 0 Å². The molecular formula is C13H21BrN2S. The quantitative estimate of drug-likeness (QED) is 0.835.